The molecule has 0 spiro atoms. The fourth-order valence-corrected chi connectivity index (χ4v) is 4.29. The smallest absolute Gasteiger partial charge is 0.261 e. The minimum absolute atomic E-state index is 0.00369. The summed E-state index contributed by atoms with van der Waals surface area (Å²) in [5, 5.41) is 0.638. The highest BCUT2D eigenvalue weighted by molar-refractivity contribution is 5.94. The molecule has 6 heteroatoms. The fraction of sp³-hybridized carbons (Fsp3) is 0.300. The maximum absolute atomic E-state index is 13.1. The second kappa shape index (κ2) is 5.76. The van der Waals surface area contributed by atoms with Crippen LogP contribution in [0.25, 0.3) is 10.9 Å². The molecule has 1 amide bonds. The molecule has 1 fully saturated rings. The van der Waals surface area contributed by atoms with Crippen molar-refractivity contribution in [2.45, 2.75) is 37.9 Å². The van der Waals surface area contributed by atoms with E-state index >= 15 is 0 Å². The summed E-state index contributed by atoms with van der Waals surface area (Å²) in [6.07, 6.45) is 5.74. The Morgan fingerprint density at radius 2 is 1.92 bits per heavy atom. The topological polar surface area (TPSA) is 68.1 Å². The van der Waals surface area contributed by atoms with Crippen LogP contribution in [-0.2, 0) is 13.0 Å². The summed E-state index contributed by atoms with van der Waals surface area (Å²) >= 11 is 0. The molecule has 2 bridgehead atoms. The Morgan fingerprint density at radius 3 is 2.77 bits per heavy atom. The van der Waals surface area contributed by atoms with E-state index in [1.165, 1.54) is 0 Å². The number of hydrogen-bond donors (Lipinski definition) is 0. The van der Waals surface area contributed by atoms with Crippen molar-refractivity contribution in [1.82, 2.24) is 19.4 Å². The highest BCUT2D eigenvalue weighted by Crippen LogP contribution is 2.32. The van der Waals surface area contributed by atoms with Gasteiger partial charge < -0.3 is 4.90 Å². The molecule has 0 N–H and O–H groups in total. The maximum Gasteiger partial charge on any atom is 0.261 e. The van der Waals surface area contributed by atoms with E-state index in [4.69, 9.17) is 4.98 Å². The van der Waals surface area contributed by atoms with E-state index in [0.29, 0.717) is 23.9 Å². The van der Waals surface area contributed by atoms with Crippen LogP contribution in [0.15, 0.2) is 53.6 Å². The van der Waals surface area contributed by atoms with Crippen LogP contribution in [0.5, 0.6) is 0 Å². The van der Waals surface area contributed by atoms with Crippen LogP contribution in [0.3, 0.4) is 0 Å². The summed E-state index contributed by atoms with van der Waals surface area (Å²) in [6, 6.07) is 11.1. The Bertz CT molecular complexity index is 1060. The van der Waals surface area contributed by atoms with Gasteiger partial charge in [0, 0.05) is 31.4 Å². The number of amides is 1. The second-order valence-corrected chi connectivity index (χ2v) is 7.00. The summed E-state index contributed by atoms with van der Waals surface area (Å²) in [4.78, 5) is 36.8. The van der Waals surface area contributed by atoms with Gasteiger partial charge in [0.25, 0.3) is 11.5 Å². The monoisotopic (exact) mass is 346 g/mol. The first-order chi connectivity index (χ1) is 12.7. The molecule has 1 saturated heterocycles. The van der Waals surface area contributed by atoms with Crippen LogP contribution < -0.4 is 5.56 Å². The average Bonchev–Trinajstić information content (AvgIpc) is 2.98. The van der Waals surface area contributed by atoms with E-state index in [1.807, 2.05) is 29.2 Å². The van der Waals surface area contributed by atoms with Gasteiger partial charge in [0.2, 0.25) is 0 Å². The maximum atomic E-state index is 13.1. The van der Waals surface area contributed by atoms with Crippen LogP contribution in [-0.4, -0.2) is 37.4 Å². The minimum Gasteiger partial charge on any atom is -0.330 e. The molecular formula is C20H18N4O2. The Morgan fingerprint density at radius 1 is 1.08 bits per heavy atom. The Hall–Kier alpha value is -3.02. The van der Waals surface area contributed by atoms with Crippen molar-refractivity contribution >= 4 is 16.8 Å². The first-order valence-corrected chi connectivity index (χ1v) is 8.93. The van der Waals surface area contributed by atoms with Crippen molar-refractivity contribution in [2.24, 2.45) is 0 Å². The third-order valence-corrected chi connectivity index (χ3v) is 5.52. The third-order valence-electron chi connectivity index (χ3n) is 5.52. The Labute approximate surface area is 150 Å². The third kappa shape index (κ3) is 2.25. The van der Waals surface area contributed by atoms with Crippen molar-refractivity contribution in [3.8, 4) is 0 Å². The van der Waals surface area contributed by atoms with Crippen LogP contribution in [0.1, 0.15) is 29.0 Å². The SMILES string of the molecule is O=C(c1cccnc1)N1[C@@H]2CC[C@H]1Cn1c(nc3ccccc3c1=O)C2. The molecule has 6 nitrogen and oxygen atoms in total. The molecule has 2 aliphatic heterocycles. The summed E-state index contributed by atoms with van der Waals surface area (Å²) in [7, 11) is 0. The molecule has 2 atom stereocenters. The van der Waals surface area contributed by atoms with Gasteiger partial charge in [-0.3, -0.25) is 19.1 Å². The lowest BCUT2D eigenvalue weighted by atomic mass is 10.1. The summed E-state index contributed by atoms with van der Waals surface area (Å²) < 4.78 is 1.77. The number of carbonyl (C=O) groups is 1. The number of nitrogens with zero attached hydrogens (tertiary/aromatic N) is 4. The number of fused-ring (bicyclic) bond motifs is 4. The Balaban J connectivity index is 1.59. The molecule has 0 unspecified atom stereocenters. The number of para-hydroxylation sites is 1. The highest BCUT2D eigenvalue weighted by atomic mass is 16.2. The standard InChI is InChI=1S/C20H18N4O2/c25-19(13-4-3-9-21-11-13)24-14-7-8-15(24)12-23-18(10-14)22-17-6-2-1-5-16(17)20(23)26/h1-6,9,11,14-15H,7-8,10,12H2/t14-,15+/m1/s1. The minimum atomic E-state index is -0.00748. The number of pyridine rings is 1. The second-order valence-electron chi connectivity index (χ2n) is 7.00. The number of rotatable bonds is 1. The number of aromatic nitrogens is 3. The van der Waals surface area contributed by atoms with E-state index in [0.717, 1.165) is 24.2 Å². The van der Waals surface area contributed by atoms with Gasteiger partial charge in [-0.1, -0.05) is 12.1 Å². The number of carbonyl (C=O) groups excluding carboxylic acids is 1. The van der Waals surface area contributed by atoms with Gasteiger partial charge in [0.05, 0.1) is 22.5 Å². The predicted octanol–water partition coefficient (Wildman–Crippen LogP) is 2.02. The molecule has 3 aromatic rings. The van der Waals surface area contributed by atoms with E-state index in [-0.39, 0.29) is 23.6 Å². The van der Waals surface area contributed by atoms with Crippen molar-refractivity contribution < 1.29 is 4.79 Å². The zero-order valence-corrected chi connectivity index (χ0v) is 14.2. The molecule has 130 valence electrons. The van der Waals surface area contributed by atoms with Gasteiger partial charge in [0.1, 0.15) is 5.82 Å². The van der Waals surface area contributed by atoms with Crippen LogP contribution >= 0.6 is 0 Å². The zero-order valence-electron chi connectivity index (χ0n) is 14.2. The van der Waals surface area contributed by atoms with Crippen LogP contribution in [0, 0.1) is 0 Å². The van der Waals surface area contributed by atoms with Gasteiger partial charge in [0.15, 0.2) is 0 Å². The lowest BCUT2D eigenvalue weighted by Crippen LogP contribution is -2.42. The van der Waals surface area contributed by atoms with Crippen molar-refractivity contribution in [3.05, 3.63) is 70.5 Å². The lowest BCUT2D eigenvalue weighted by Gasteiger charge is -2.27. The van der Waals surface area contributed by atoms with Gasteiger partial charge >= 0.3 is 0 Å². The van der Waals surface area contributed by atoms with Crippen molar-refractivity contribution in [2.75, 3.05) is 0 Å². The average molecular weight is 346 g/mol. The van der Waals surface area contributed by atoms with E-state index in [1.54, 1.807) is 29.1 Å². The van der Waals surface area contributed by atoms with Crippen LogP contribution in [0.4, 0.5) is 0 Å². The fourth-order valence-electron chi connectivity index (χ4n) is 4.29. The molecule has 2 aromatic heterocycles. The van der Waals surface area contributed by atoms with Gasteiger partial charge in [-0.2, -0.15) is 0 Å². The Kier molecular flexibility index (Phi) is 3.38. The molecule has 4 heterocycles. The van der Waals surface area contributed by atoms with E-state index < -0.39 is 0 Å². The molecule has 0 radical (unpaired) electrons. The summed E-state index contributed by atoms with van der Waals surface area (Å²) in [6.45, 7) is 0.508. The molecule has 0 aliphatic carbocycles. The first-order valence-electron chi connectivity index (χ1n) is 8.93. The van der Waals surface area contributed by atoms with E-state index in [9.17, 15) is 9.59 Å². The molecular weight excluding hydrogens is 328 g/mol. The molecule has 26 heavy (non-hydrogen) atoms. The van der Waals surface area contributed by atoms with Crippen molar-refractivity contribution in [1.29, 1.82) is 0 Å². The summed E-state index contributed by atoms with van der Waals surface area (Å²) in [5.41, 5.74) is 1.32. The van der Waals surface area contributed by atoms with Gasteiger partial charge in [-0.05, 0) is 37.1 Å². The molecule has 2 aliphatic rings. The summed E-state index contributed by atoms with van der Waals surface area (Å²) in [5.74, 6) is 0.779. The zero-order chi connectivity index (χ0) is 17.7. The molecule has 1 aromatic carbocycles. The van der Waals surface area contributed by atoms with E-state index in [2.05, 4.69) is 4.98 Å². The number of benzene rings is 1. The van der Waals surface area contributed by atoms with Gasteiger partial charge in [-0.25, -0.2) is 4.98 Å². The molecule has 5 rings (SSSR count). The van der Waals surface area contributed by atoms with Crippen molar-refractivity contribution in [3.63, 3.8) is 0 Å². The normalized spacial score (nSPS) is 21.5. The predicted molar refractivity (Wildman–Crippen MR) is 96.9 cm³/mol. The largest absolute Gasteiger partial charge is 0.330 e. The highest BCUT2D eigenvalue weighted by Gasteiger charge is 2.41. The first kappa shape index (κ1) is 15.3. The molecule has 0 saturated carbocycles. The quantitative estimate of drug-likeness (QED) is 0.676. The van der Waals surface area contributed by atoms with Gasteiger partial charge in [-0.15, -0.1) is 0 Å². The lowest BCUT2D eigenvalue weighted by molar-refractivity contribution is 0.0665. The number of hydrogen-bond acceptors (Lipinski definition) is 4. The van der Waals surface area contributed by atoms with Crippen LogP contribution in [0.2, 0.25) is 0 Å².